The number of nitrogens with one attached hydrogen (secondary N) is 1. The van der Waals surface area contributed by atoms with E-state index in [1.165, 1.54) is 6.20 Å². The van der Waals surface area contributed by atoms with E-state index in [4.69, 9.17) is 13.9 Å². The fourth-order valence-corrected chi connectivity index (χ4v) is 3.28. The molecule has 3 heterocycles. The van der Waals surface area contributed by atoms with Crippen LogP contribution in [0.25, 0.3) is 11.0 Å². The molecule has 0 saturated heterocycles. The van der Waals surface area contributed by atoms with E-state index in [2.05, 4.69) is 4.98 Å². The van der Waals surface area contributed by atoms with Crippen molar-refractivity contribution in [3.05, 3.63) is 74.5 Å². The predicted molar refractivity (Wildman–Crippen MR) is 92.4 cm³/mol. The maximum absolute atomic E-state index is 12.6. The van der Waals surface area contributed by atoms with E-state index in [-0.39, 0.29) is 23.5 Å². The average molecular weight is 353 g/mol. The minimum atomic E-state index is -1.14. The largest absolute Gasteiger partial charge is 0.476 e. The Kier molecular flexibility index (Phi) is 3.84. The number of carbonyl (C=O) groups excluding carboxylic acids is 1. The zero-order chi connectivity index (χ0) is 18.3. The third-order valence-electron chi connectivity index (χ3n) is 4.36. The maximum Gasteiger partial charge on any atom is 0.348 e. The summed E-state index contributed by atoms with van der Waals surface area (Å²) in [6, 6.07) is 10.1. The highest BCUT2D eigenvalue weighted by Crippen LogP contribution is 2.43. The number of aromatic nitrogens is 1. The van der Waals surface area contributed by atoms with Crippen molar-refractivity contribution < 1.29 is 18.7 Å². The minimum absolute atomic E-state index is 0.151. The van der Waals surface area contributed by atoms with Crippen molar-refractivity contribution in [2.75, 3.05) is 6.61 Å². The fraction of sp³-hybridized carbons (Fsp3) is 0.211. The number of benzene rings is 1. The van der Waals surface area contributed by atoms with Crippen LogP contribution >= 0.6 is 0 Å². The zero-order valence-corrected chi connectivity index (χ0v) is 13.9. The van der Waals surface area contributed by atoms with Gasteiger partial charge in [-0.2, -0.15) is 0 Å². The molecule has 3 aromatic rings. The summed E-state index contributed by atoms with van der Waals surface area (Å²) in [6.45, 7) is 1.83. The van der Waals surface area contributed by atoms with Gasteiger partial charge in [-0.15, -0.1) is 0 Å². The van der Waals surface area contributed by atoms with Crippen molar-refractivity contribution in [3.63, 3.8) is 0 Å². The van der Waals surface area contributed by atoms with Crippen LogP contribution in [0.4, 0.5) is 0 Å². The molecule has 0 bridgehead atoms. The molecular weight excluding hydrogens is 338 g/mol. The Morgan fingerprint density at radius 3 is 2.77 bits per heavy atom. The summed E-state index contributed by atoms with van der Waals surface area (Å²) < 4.78 is 16.3. The Hall–Kier alpha value is -3.35. The van der Waals surface area contributed by atoms with Gasteiger partial charge in [0.15, 0.2) is 0 Å². The molecule has 0 aliphatic carbocycles. The monoisotopic (exact) mass is 353 g/mol. The zero-order valence-electron chi connectivity index (χ0n) is 13.9. The maximum atomic E-state index is 12.6. The highest BCUT2D eigenvalue weighted by Gasteiger charge is 2.46. The van der Waals surface area contributed by atoms with Gasteiger partial charge in [-0.3, -0.25) is 4.79 Å². The highest BCUT2D eigenvalue weighted by atomic mass is 16.6. The van der Waals surface area contributed by atoms with Gasteiger partial charge in [-0.25, -0.2) is 9.59 Å². The Balaban J connectivity index is 2.00. The van der Waals surface area contributed by atoms with Gasteiger partial charge in [0.2, 0.25) is 6.10 Å². The number of H-pyrrole nitrogens is 1. The first-order valence-corrected chi connectivity index (χ1v) is 8.18. The van der Waals surface area contributed by atoms with Crippen LogP contribution in [0.5, 0.6) is 5.75 Å². The molecule has 7 heteroatoms. The molecule has 0 saturated carbocycles. The molecule has 2 atom stereocenters. The number of para-hydroxylation sites is 1. The SMILES string of the molecule is CCOC(=O)[C@H]1Oc2c(c(=O)oc3ccccc23)[C@@H]1c1ccc[nH]c1=O. The van der Waals surface area contributed by atoms with Crippen LogP contribution < -0.4 is 15.9 Å². The van der Waals surface area contributed by atoms with E-state index in [1.54, 1.807) is 43.3 Å². The normalized spacial score (nSPS) is 18.3. The smallest absolute Gasteiger partial charge is 0.348 e. The number of aromatic amines is 1. The van der Waals surface area contributed by atoms with Gasteiger partial charge in [0.1, 0.15) is 11.3 Å². The van der Waals surface area contributed by atoms with Crippen molar-refractivity contribution in [2.24, 2.45) is 0 Å². The Morgan fingerprint density at radius 2 is 2.00 bits per heavy atom. The van der Waals surface area contributed by atoms with Gasteiger partial charge in [0.25, 0.3) is 5.56 Å². The van der Waals surface area contributed by atoms with E-state index in [1.807, 2.05) is 0 Å². The number of pyridine rings is 1. The summed E-state index contributed by atoms with van der Waals surface area (Å²) in [5.74, 6) is -1.29. The summed E-state index contributed by atoms with van der Waals surface area (Å²) in [4.78, 5) is 40.0. The summed E-state index contributed by atoms with van der Waals surface area (Å²) >= 11 is 0. The molecular formula is C19H15NO6. The van der Waals surface area contributed by atoms with E-state index in [0.717, 1.165) is 0 Å². The van der Waals surface area contributed by atoms with Gasteiger partial charge in [-0.05, 0) is 25.1 Å². The van der Waals surface area contributed by atoms with E-state index < -0.39 is 29.2 Å². The quantitative estimate of drug-likeness (QED) is 0.571. The topological polar surface area (TPSA) is 98.6 Å². The molecule has 0 radical (unpaired) electrons. The molecule has 1 aromatic carbocycles. The van der Waals surface area contributed by atoms with Crippen LogP contribution in [-0.4, -0.2) is 23.7 Å². The highest BCUT2D eigenvalue weighted by molar-refractivity contribution is 5.88. The lowest BCUT2D eigenvalue weighted by molar-refractivity contribution is -0.151. The van der Waals surface area contributed by atoms with Crippen molar-refractivity contribution in [1.82, 2.24) is 4.98 Å². The van der Waals surface area contributed by atoms with Gasteiger partial charge in [-0.1, -0.05) is 18.2 Å². The lowest BCUT2D eigenvalue weighted by Crippen LogP contribution is -2.35. The van der Waals surface area contributed by atoms with Crippen LogP contribution in [0, 0.1) is 0 Å². The molecule has 0 unspecified atom stereocenters. The average Bonchev–Trinajstić information content (AvgIpc) is 3.04. The number of ether oxygens (including phenoxy) is 2. The summed E-state index contributed by atoms with van der Waals surface area (Å²) in [7, 11) is 0. The van der Waals surface area contributed by atoms with Crippen LogP contribution in [-0.2, 0) is 9.53 Å². The van der Waals surface area contributed by atoms with E-state index in [9.17, 15) is 14.4 Å². The molecule has 2 aromatic heterocycles. The molecule has 1 N–H and O–H groups in total. The van der Waals surface area contributed by atoms with Gasteiger partial charge in [0, 0.05) is 11.8 Å². The summed E-state index contributed by atoms with van der Waals surface area (Å²) in [5.41, 5.74) is -0.304. The molecule has 0 fully saturated rings. The van der Waals surface area contributed by atoms with Crippen molar-refractivity contribution in [2.45, 2.75) is 18.9 Å². The molecule has 132 valence electrons. The molecule has 4 rings (SSSR count). The first kappa shape index (κ1) is 16.1. The Morgan fingerprint density at radius 1 is 1.19 bits per heavy atom. The number of hydrogen-bond donors (Lipinski definition) is 1. The summed E-state index contributed by atoms with van der Waals surface area (Å²) in [5, 5.41) is 0.561. The second kappa shape index (κ2) is 6.18. The van der Waals surface area contributed by atoms with Crippen molar-refractivity contribution in [3.8, 4) is 5.75 Å². The van der Waals surface area contributed by atoms with Crippen LogP contribution in [0.2, 0.25) is 0 Å². The van der Waals surface area contributed by atoms with Crippen molar-refractivity contribution >= 4 is 16.9 Å². The van der Waals surface area contributed by atoms with Crippen LogP contribution in [0.3, 0.4) is 0 Å². The molecule has 0 amide bonds. The Bertz CT molecular complexity index is 1110. The molecule has 26 heavy (non-hydrogen) atoms. The fourth-order valence-electron chi connectivity index (χ4n) is 3.28. The number of carbonyl (C=O) groups is 1. The standard InChI is InChI=1S/C19H15NO6/c1-2-24-19(23)16-13(11-7-5-9-20-17(11)21)14-15(26-16)10-6-3-4-8-12(10)25-18(14)22/h3-9,13,16H,2H2,1H3,(H,20,21)/t13-,16-/m0/s1. The Labute approximate surface area is 147 Å². The third-order valence-corrected chi connectivity index (χ3v) is 4.36. The van der Waals surface area contributed by atoms with Crippen molar-refractivity contribution in [1.29, 1.82) is 0 Å². The first-order chi connectivity index (χ1) is 12.6. The second-order valence-electron chi connectivity index (χ2n) is 5.85. The lowest BCUT2D eigenvalue weighted by atomic mass is 9.89. The van der Waals surface area contributed by atoms with E-state index in [0.29, 0.717) is 11.0 Å². The second-order valence-corrected chi connectivity index (χ2v) is 5.85. The summed E-state index contributed by atoms with van der Waals surface area (Å²) in [6.07, 6.45) is 0.340. The van der Waals surface area contributed by atoms with Crippen LogP contribution in [0.1, 0.15) is 24.0 Å². The molecule has 0 spiro atoms. The number of rotatable bonds is 3. The molecule has 7 nitrogen and oxygen atoms in total. The minimum Gasteiger partial charge on any atom is -0.476 e. The van der Waals surface area contributed by atoms with Gasteiger partial charge in [0.05, 0.1) is 23.5 Å². The third kappa shape index (κ3) is 2.40. The molecule has 1 aliphatic rings. The first-order valence-electron chi connectivity index (χ1n) is 8.18. The lowest BCUT2D eigenvalue weighted by Gasteiger charge is -2.16. The number of esters is 1. The van der Waals surface area contributed by atoms with Gasteiger partial charge < -0.3 is 18.9 Å². The number of hydrogen-bond acceptors (Lipinski definition) is 6. The van der Waals surface area contributed by atoms with E-state index >= 15 is 0 Å². The van der Waals surface area contributed by atoms with Gasteiger partial charge >= 0.3 is 11.6 Å². The molecule has 1 aliphatic heterocycles. The number of fused-ring (bicyclic) bond motifs is 3. The predicted octanol–water partition coefficient (Wildman–Crippen LogP) is 1.94. The van der Waals surface area contributed by atoms with Crippen LogP contribution in [0.15, 0.2) is 56.6 Å².